The molecular formula is C29H26N2O6S. The van der Waals surface area contributed by atoms with Crippen molar-refractivity contribution >= 4 is 29.5 Å². The van der Waals surface area contributed by atoms with Crippen LogP contribution in [0.3, 0.4) is 0 Å². The second-order valence-electron chi connectivity index (χ2n) is 8.77. The van der Waals surface area contributed by atoms with Gasteiger partial charge in [-0.05, 0) is 28.8 Å². The van der Waals surface area contributed by atoms with Gasteiger partial charge in [-0.2, -0.15) is 0 Å². The van der Waals surface area contributed by atoms with Gasteiger partial charge < -0.3 is 19.9 Å². The molecule has 2 N–H and O–H groups in total. The summed E-state index contributed by atoms with van der Waals surface area (Å²) < 4.78 is 11.5. The van der Waals surface area contributed by atoms with E-state index in [4.69, 9.17) is 9.47 Å². The van der Waals surface area contributed by atoms with Gasteiger partial charge in [-0.1, -0.05) is 78.9 Å². The number of hydrogen-bond acceptors (Lipinski definition) is 7. The Hall–Kier alpha value is -4.08. The molecule has 0 radical (unpaired) electrons. The lowest BCUT2D eigenvalue weighted by Gasteiger charge is -2.49. The number of fused-ring (bicyclic) bond motifs is 1. The number of aliphatic hydroxyl groups is 1. The molecule has 2 amide bonds. The fourth-order valence-electron chi connectivity index (χ4n) is 4.42. The normalized spacial score (nSPS) is 18.5. The molecule has 8 nitrogen and oxygen atoms in total. The fraction of sp³-hybridized carbons (Fsp3) is 0.207. The van der Waals surface area contributed by atoms with Crippen LogP contribution in [-0.2, 0) is 19.1 Å². The lowest BCUT2D eigenvalue weighted by atomic mass is 10.0. The molecular weight excluding hydrogens is 504 g/mol. The summed E-state index contributed by atoms with van der Waals surface area (Å²) in [6.45, 7) is -0.634. The van der Waals surface area contributed by atoms with Gasteiger partial charge in [0, 0.05) is 5.75 Å². The van der Waals surface area contributed by atoms with Crippen LogP contribution in [0.1, 0.15) is 17.2 Å². The Labute approximate surface area is 224 Å². The first-order valence-corrected chi connectivity index (χ1v) is 13.2. The SMILES string of the molecule is O=C(COc1ccccc1)NC1C(=O)N2C(C(=O)OC(c3ccccc3)c3ccccc3)=C(CO)CS[C@H]12. The Morgan fingerprint density at radius 1 is 0.947 bits per heavy atom. The van der Waals surface area contributed by atoms with Crippen LogP contribution in [0.4, 0.5) is 0 Å². The molecule has 2 heterocycles. The molecule has 194 valence electrons. The zero-order valence-corrected chi connectivity index (χ0v) is 21.2. The first kappa shape index (κ1) is 25.6. The number of β-lactam (4-membered cyclic amide) rings is 1. The number of amides is 2. The highest BCUT2D eigenvalue weighted by molar-refractivity contribution is 8.00. The highest BCUT2D eigenvalue weighted by Crippen LogP contribution is 2.41. The first-order chi connectivity index (χ1) is 18.6. The molecule has 1 fully saturated rings. The van der Waals surface area contributed by atoms with Gasteiger partial charge in [-0.3, -0.25) is 14.5 Å². The number of carbonyl (C=O) groups is 3. The molecule has 3 aromatic rings. The average molecular weight is 531 g/mol. The van der Waals surface area contributed by atoms with Crippen molar-refractivity contribution in [3.63, 3.8) is 0 Å². The van der Waals surface area contributed by atoms with Crippen molar-refractivity contribution in [2.45, 2.75) is 17.5 Å². The Morgan fingerprint density at radius 2 is 1.53 bits per heavy atom. The van der Waals surface area contributed by atoms with Crippen LogP contribution < -0.4 is 10.1 Å². The molecule has 2 aliphatic heterocycles. The van der Waals surface area contributed by atoms with Gasteiger partial charge in [0.25, 0.3) is 11.8 Å². The zero-order chi connectivity index (χ0) is 26.5. The number of nitrogens with one attached hydrogen (secondary N) is 1. The number of hydrogen-bond donors (Lipinski definition) is 2. The van der Waals surface area contributed by atoms with Gasteiger partial charge >= 0.3 is 5.97 Å². The van der Waals surface area contributed by atoms with E-state index in [1.54, 1.807) is 24.3 Å². The summed E-state index contributed by atoms with van der Waals surface area (Å²) in [5.74, 6) is -0.722. The lowest BCUT2D eigenvalue weighted by Crippen LogP contribution is -2.71. The van der Waals surface area contributed by atoms with Gasteiger partial charge in [0.15, 0.2) is 12.7 Å². The number of esters is 1. The van der Waals surface area contributed by atoms with Crippen molar-refractivity contribution < 1.29 is 29.0 Å². The lowest BCUT2D eigenvalue weighted by molar-refractivity contribution is -0.155. The highest BCUT2D eigenvalue weighted by atomic mass is 32.2. The number of nitrogens with zero attached hydrogens (tertiary/aromatic N) is 1. The fourth-order valence-corrected chi connectivity index (χ4v) is 5.76. The molecule has 1 saturated heterocycles. The monoisotopic (exact) mass is 530 g/mol. The van der Waals surface area contributed by atoms with E-state index in [-0.39, 0.29) is 12.3 Å². The number of rotatable bonds is 9. The Balaban J connectivity index is 1.31. The first-order valence-electron chi connectivity index (χ1n) is 12.1. The number of para-hydroxylation sites is 1. The molecule has 0 aromatic heterocycles. The molecule has 2 aliphatic rings. The molecule has 0 spiro atoms. The van der Waals surface area contributed by atoms with Crippen LogP contribution in [0.15, 0.2) is 102 Å². The molecule has 2 atom stereocenters. The predicted octanol–water partition coefficient (Wildman–Crippen LogP) is 3.04. The minimum atomic E-state index is -0.811. The second-order valence-corrected chi connectivity index (χ2v) is 9.88. The molecule has 0 saturated carbocycles. The molecule has 38 heavy (non-hydrogen) atoms. The maximum absolute atomic E-state index is 13.5. The number of thioether (sulfide) groups is 1. The summed E-state index contributed by atoms with van der Waals surface area (Å²) in [4.78, 5) is 40.5. The standard InChI is InChI=1S/C29H26N2O6S/c32-16-21-18-38-28-24(30-23(33)17-36-22-14-8-3-9-15-22)27(34)31(28)25(21)29(35)37-26(19-10-4-1-5-11-19)20-12-6-2-7-13-20/h1-15,24,26,28,32H,16-18H2,(H,30,33)/t24?,28-/m1/s1. The number of carbonyl (C=O) groups excluding carboxylic acids is 3. The number of aliphatic hydroxyl groups excluding tert-OH is 1. The summed E-state index contributed by atoms with van der Waals surface area (Å²) in [6.07, 6.45) is -0.701. The van der Waals surface area contributed by atoms with Crippen LogP contribution in [0.2, 0.25) is 0 Å². The maximum Gasteiger partial charge on any atom is 0.356 e. The van der Waals surface area contributed by atoms with E-state index in [1.807, 2.05) is 66.7 Å². The van der Waals surface area contributed by atoms with Crippen molar-refractivity contribution in [3.8, 4) is 5.75 Å². The van der Waals surface area contributed by atoms with Crippen molar-refractivity contribution in [2.75, 3.05) is 19.0 Å². The third kappa shape index (κ3) is 5.29. The summed E-state index contributed by atoms with van der Waals surface area (Å²) in [7, 11) is 0. The van der Waals surface area contributed by atoms with Gasteiger partial charge in [0.2, 0.25) is 0 Å². The smallest absolute Gasteiger partial charge is 0.356 e. The topological polar surface area (TPSA) is 105 Å². The van der Waals surface area contributed by atoms with E-state index in [9.17, 15) is 19.5 Å². The average Bonchev–Trinajstić information content (AvgIpc) is 2.98. The van der Waals surface area contributed by atoms with Crippen LogP contribution >= 0.6 is 11.8 Å². The van der Waals surface area contributed by atoms with Gasteiger partial charge in [0.05, 0.1) is 6.61 Å². The van der Waals surface area contributed by atoms with Crippen molar-refractivity contribution in [3.05, 3.63) is 113 Å². The van der Waals surface area contributed by atoms with Crippen molar-refractivity contribution in [2.24, 2.45) is 0 Å². The zero-order valence-electron chi connectivity index (χ0n) is 20.4. The minimum absolute atomic E-state index is 0.0316. The van der Waals surface area contributed by atoms with Crippen LogP contribution in [0.5, 0.6) is 5.75 Å². The Morgan fingerprint density at radius 3 is 2.11 bits per heavy atom. The third-order valence-electron chi connectivity index (χ3n) is 6.29. The molecule has 1 unspecified atom stereocenters. The maximum atomic E-state index is 13.5. The Bertz CT molecular complexity index is 1290. The minimum Gasteiger partial charge on any atom is -0.484 e. The number of ether oxygens (including phenoxy) is 2. The molecule has 3 aromatic carbocycles. The van der Waals surface area contributed by atoms with E-state index in [2.05, 4.69) is 5.32 Å². The Kier molecular flexibility index (Phi) is 7.76. The molecule has 0 aliphatic carbocycles. The highest BCUT2D eigenvalue weighted by Gasteiger charge is 2.54. The summed E-state index contributed by atoms with van der Waals surface area (Å²) in [5, 5.41) is 12.2. The quantitative estimate of drug-likeness (QED) is 0.324. The summed E-state index contributed by atoms with van der Waals surface area (Å²) in [6, 6.07) is 26.7. The van der Waals surface area contributed by atoms with Crippen molar-refractivity contribution in [1.29, 1.82) is 0 Å². The molecule has 5 rings (SSSR count). The van der Waals surface area contributed by atoms with E-state index in [0.717, 1.165) is 11.1 Å². The largest absolute Gasteiger partial charge is 0.484 e. The van der Waals surface area contributed by atoms with E-state index < -0.39 is 41.9 Å². The van der Waals surface area contributed by atoms with Crippen LogP contribution in [0.25, 0.3) is 0 Å². The van der Waals surface area contributed by atoms with Gasteiger partial charge in [-0.25, -0.2) is 4.79 Å². The number of benzene rings is 3. The molecule has 9 heteroatoms. The van der Waals surface area contributed by atoms with Gasteiger partial charge in [-0.15, -0.1) is 11.8 Å². The predicted molar refractivity (Wildman–Crippen MR) is 142 cm³/mol. The van der Waals surface area contributed by atoms with E-state index in [1.165, 1.54) is 16.7 Å². The van der Waals surface area contributed by atoms with Gasteiger partial charge in [0.1, 0.15) is 22.9 Å². The van der Waals surface area contributed by atoms with Crippen molar-refractivity contribution in [1.82, 2.24) is 10.2 Å². The summed E-state index contributed by atoms with van der Waals surface area (Å²) >= 11 is 1.37. The second kappa shape index (κ2) is 11.5. The van der Waals surface area contributed by atoms with Crippen LogP contribution in [-0.4, -0.2) is 58.2 Å². The van der Waals surface area contributed by atoms with E-state index in [0.29, 0.717) is 17.1 Å². The summed E-state index contributed by atoms with van der Waals surface area (Å²) in [5.41, 5.74) is 1.99. The molecule has 0 bridgehead atoms. The van der Waals surface area contributed by atoms with Crippen LogP contribution in [0, 0.1) is 0 Å². The van der Waals surface area contributed by atoms with E-state index >= 15 is 0 Å². The third-order valence-corrected chi connectivity index (χ3v) is 7.63.